The lowest BCUT2D eigenvalue weighted by molar-refractivity contribution is 0.0690. The number of aromatic nitrogens is 1. The van der Waals surface area contributed by atoms with Gasteiger partial charge in [0.25, 0.3) is 0 Å². The minimum absolute atomic E-state index is 0.0599. The number of pyridine rings is 1. The van der Waals surface area contributed by atoms with Crippen molar-refractivity contribution in [3.05, 3.63) is 23.9 Å². The van der Waals surface area contributed by atoms with Gasteiger partial charge in [0.05, 0.1) is 6.61 Å². The zero-order valence-electron chi connectivity index (χ0n) is 11.2. The molecule has 1 fully saturated rings. The van der Waals surface area contributed by atoms with Crippen molar-refractivity contribution in [1.29, 1.82) is 0 Å². The number of carboxylic acids is 1. The number of hydrogen-bond donors (Lipinski definition) is 2. The maximum atomic E-state index is 10.9. The summed E-state index contributed by atoms with van der Waals surface area (Å²) in [4.78, 5) is 17.2. The van der Waals surface area contributed by atoms with E-state index in [2.05, 4.69) is 16.8 Å². The summed E-state index contributed by atoms with van der Waals surface area (Å²) in [5.74, 6) is -0.325. The first kappa shape index (κ1) is 13.8. The molecule has 1 saturated heterocycles. The van der Waals surface area contributed by atoms with E-state index in [1.165, 1.54) is 6.07 Å². The first-order chi connectivity index (χ1) is 9.10. The molecule has 0 radical (unpaired) electrons. The smallest absolute Gasteiger partial charge is 0.354 e. The van der Waals surface area contributed by atoms with Crippen LogP contribution in [0.4, 0.5) is 5.82 Å². The molecule has 0 aliphatic carbocycles. The van der Waals surface area contributed by atoms with E-state index in [0.29, 0.717) is 5.82 Å². The Kier molecular flexibility index (Phi) is 4.04. The highest BCUT2D eigenvalue weighted by atomic mass is 16.4. The molecule has 0 saturated carbocycles. The first-order valence-corrected chi connectivity index (χ1v) is 6.66. The number of anilines is 1. The van der Waals surface area contributed by atoms with Gasteiger partial charge in [0, 0.05) is 18.5 Å². The molecule has 2 N–H and O–H groups in total. The van der Waals surface area contributed by atoms with Gasteiger partial charge in [-0.25, -0.2) is 9.78 Å². The van der Waals surface area contributed by atoms with Crippen LogP contribution in [0.1, 0.15) is 36.7 Å². The van der Waals surface area contributed by atoms with Crippen LogP contribution in [-0.2, 0) is 0 Å². The topological polar surface area (TPSA) is 73.7 Å². The Balaban J connectivity index is 2.16. The van der Waals surface area contributed by atoms with Crippen LogP contribution in [-0.4, -0.2) is 40.9 Å². The third-order valence-electron chi connectivity index (χ3n) is 3.83. The molecule has 2 heterocycles. The predicted octanol–water partition coefficient (Wildman–Crippen LogP) is 1.77. The summed E-state index contributed by atoms with van der Waals surface area (Å²) in [6.07, 6.45) is 2.95. The highest BCUT2D eigenvalue weighted by molar-refractivity contribution is 5.85. The van der Waals surface area contributed by atoms with E-state index < -0.39 is 5.97 Å². The van der Waals surface area contributed by atoms with Gasteiger partial charge in [0.1, 0.15) is 5.82 Å². The van der Waals surface area contributed by atoms with E-state index in [4.69, 9.17) is 5.11 Å². The summed E-state index contributed by atoms with van der Waals surface area (Å²) in [6.45, 7) is 3.85. The van der Waals surface area contributed by atoms with E-state index in [1.807, 2.05) is 6.07 Å². The SMILES string of the molecule is CCCC1(CO)CCN(c2cccc(C(=O)O)n2)C1. The predicted molar refractivity (Wildman–Crippen MR) is 72.5 cm³/mol. The molecule has 2 rings (SSSR count). The summed E-state index contributed by atoms with van der Waals surface area (Å²) >= 11 is 0. The van der Waals surface area contributed by atoms with Crippen molar-refractivity contribution in [1.82, 2.24) is 4.98 Å². The van der Waals surface area contributed by atoms with Gasteiger partial charge < -0.3 is 15.1 Å². The van der Waals surface area contributed by atoms with Crippen molar-refractivity contribution in [2.75, 3.05) is 24.6 Å². The summed E-state index contributed by atoms with van der Waals surface area (Å²) in [6, 6.07) is 5.03. The lowest BCUT2D eigenvalue weighted by Crippen LogP contribution is -2.30. The van der Waals surface area contributed by atoms with Crippen LogP contribution < -0.4 is 4.90 Å². The maximum absolute atomic E-state index is 10.9. The van der Waals surface area contributed by atoms with Crippen LogP contribution in [0, 0.1) is 5.41 Å². The second-order valence-electron chi connectivity index (χ2n) is 5.27. The molecule has 1 atom stereocenters. The fraction of sp³-hybridized carbons (Fsp3) is 0.571. The molecule has 0 spiro atoms. The van der Waals surface area contributed by atoms with Crippen molar-refractivity contribution in [2.45, 2.75) is 26.2 Å². The minimum atomic E-state index is -1.01. The fourth-order valence-corrected chi connectivity index (χ4v) is 2.79. The van der Waals surface area contributed by atoms with E-state index in [9.17, 15) is 9.90 Å². The molecule has 1 unspecified atom stereocenters. The second-order valence-corrected chi connectivity index (χ2v) is 5.27. The lowest BCUT2D eigenvalue weighted by atomic mass is 9.83. The molecule has 19 heavy (non-hydrogen) atoms. The molecule has 5 nitrogen and oxygen atoms in total. The Morgan fingerprint density at radius 1 is 1.53 bits per heavy atom. The average Bonchev–Trinajstić information content (AvgIpc) is 2.84. The number of carbonyl (C=O) groups is 1. The Labute approximate surface area is 112 Å². The number of rotatable bonds is 5. The molecule has 0 aromatic carbocycles. The highest BCUT2D eigenvalue weighted by Crippen LogP contribution is 2.36. The van der Waals surface area contributed by atoms with Crippen molar-refractivity contribution < 1.29 is 15.0 Å². The van der Waals surface area contributed by atoms with Crippen molar-refractivity contribution in [2.24, 2.45) is 5.41 Å². The first-order valence-electron chi connectivity index (χ1n) is 6.66. The molecule has 1 aliphatic heterocycles. The third kappa shape index (κ3) is 2.87. The van der Waals surface area contributed by atoms with Crippen molar-refractivity contribution in [3.63, 3.8) is 0 Å². The van der Waals surface area contributed by atoms with Gasteiger partial charge in [0.2, 0.25) is 0 Å². The zero-order valence-corrected chi connectivity index (χ0v) is 11.2. The number of nitrogens with zero attached hydrogens (tertiary/aromatic N) is 2. The van der Waals surface area contributed by atoms with Gasteiger partial charge >= 0.3 is 5.97 Å². The van der Waals surface area contributed by atoms with Gasteiger partial charge in [0.15, 0.2) is 5.69 Å². The number of hydrogen-bond acceptors (Lipinski definition) is 4. The molecule has 1 aromatic rings. The molecule has 5 heteroatoms. The fourth-order valence-electron chi connectivity index (χ4n) is 2.79. The van der Waals surface area contributed by atoms with E-state index >= 15 is 0 Å². The number of aromatic carboxylic acids is 1. The summed E-state index contributed by atoms with van der Waals surface area (Å²) in [7, 11) is 0. The molecule has 0 amide bonds. The summed E-state index contributed by atoms with van der Waals surface area (Å²) < 4.78 is 0. The average molecular weight is 264 g/mol. The van der Waals surface area contributed by atoms with Crippen LogP contribution in [0.2, 0.25) is 0 Å². The molecule has 0 bridgehead atoms. The van der Waals surface area contributed by atoms with E-state index in [-0.39, 0.29) is 17.7 Å². The van der Waals surface area contributed by atoms with Crippen LogP contribution in [0.3, 0.4) is 0 Å². The van der Waals surface area contributed by atoms with Gasteiger partial charge in [-0.15, -0.1) is 0 Å². The summed E-state index contributed by atoms with van der Waals surface area (Å²) in [5, 5.41) is 18.6. The zero-order chi connectivity index (χ0) is 13.9. The highest BCUT2D eigenvalue weighted by Gasteiger charge is 2.37. The number of aliphatic hydroxyl groups is 1. The second kappa shape index (κ2) is 5.57. The van der Waals surface area contributed by atoms with E-state index in [0.717, 1.165) is 32.4 Å². The molecular weight excluding hydrogens is 244 g/mol. The van der Waals surface area contributed by atoms with Crippen LogP contribution in [0.5, 0.6) is 0 Å². The van der Waals surface area contributed by atoms with Gasteiger partial charge in [-0.2, -0.15) is 0 Å². The molecular formula is C14H20N2O3. The van der Waals surface area contributed by atoms with Crippen molar-refractivity contribution in [3.8, 4) is 0 Å². The monoisotopic (exact) mass is 264 g/mol. The third-order valence-corrected chi connectivity index (χ3v) is 3.83. The Hall–Kier alpha value is -1.62. The molecule has 104 valence electrons. The minimum Gasteiger partial charge on any atom is -0.477 e. The van der Waals surface area contributed by atoms with Gasteiger partial charge in [-0.3, -0.25) is 0 Å². The standard InChI is InChI=1S/C14H20N2O3/c1-2-6-14(10-17)7-8-16(9-14)12-5-3-4-11(15-12)13(18)19/h3-5,17H,2,6-10H2,1H3,(H,18,19). The summed E-state index contributed by atoms with van der Waals surface area (Å²) in [5.41, 5.74) is 0.00448. The van der Waals surface area contributed by atoms with Crippen LogP contribution in [0.15, 0.2) is 18.2 Å². The quantitative estimate of drug-likeness (QED) is 0.848. The van der Waals surface area contributed by atoms with Gasteiger partial charge in [-0.1, -0.05) is 19.4 Å². The van der Waals surface area contributed by atoms with Crippen molar-refractivity contribution >= 4 is 11.8 Å². The number of carboxylic acid groups (broad SMARTS) is 1. The van der Waals surface area contributed by atoms with Crippen LogP contribution in [0.25, 0.3) is 0 Å². The molecule has 1 aromatic heterocycles. The van der Waals surface area contributed by atoms with E-state index in [1.54, 1.807) is 6.07 Å². The Morgan fingerprint density at radius 3 is 2.95 bits per heavy atom. The Morgan fingerprint density at radius 2 is 2.32 bits per heavy atom. The molecule has 1 aliphatic rings. The number of aliphatic hydroxyl groups excluding tert-OH is 1. The lowest BCUT2D eigenvalue weighted by Gasteiger charge is -2.27. The van der Waals surface area contributed by atoms with Crippen LogP contribution >= 0.6 is 0 Å². The Bertz CT molecular complexity index is 464. The largest absolute Gasteiger partial charge is 0.477 e. The normalized spacial score (nSPS) is 22.7. The maximum Gasteiger partial charge on any atom is 0.354 e. The van der Waals surface area contributed by atoms with Gasteiger partial charge in [-0.05, 0) is 25.0 Å².